The molecule has 0 N–H and O–H groups in total. The van der Waals surface area contributed by atoms with Gasteiger partial charge in [-0.05, 0) is 164 Å². The molecule has 0 bridgehead atoms. The summed E-state index contributed by atoms with van der Waals surface area (Å²) in [7, 11) is 5.31. The zero-order chi connectivity index (χ0) is 48.6. The van der Waals surface area contributed by atoms with Gasteiger partial charge in [-0.3, -0.25) is 0 Å². The number of halogens is 8. The van der Waals surface area contributed by atoms with Crippen molar-refractivity contribution in [2.24, 2.45) is 0 Å². The Morgan fingerprint density at radius 2 is 1.11 bits per heavy atom. The topological polar surface area (TPSA) is 124 Å². The Kier molecular flexibility index (Phi) is 26.2. The van der Waals surface area contributed by atoms with Crippen LogP contribution in [-0.4, -0.2) is 64.5 Å². The molecular formula is C46H44Br4F4O10. The summed E-state index contributed by atoms with van der Waals surface area (Å²) < 4.78 is 83.7. The van der Waals surface area contributed by atoms with Gasteiger partial charge >= 0.3 is 23.9 Å². The molecule has 10 nitrogen and oxygen atoms in total. The highest BCUT2D eigenvalue weighted by molar-refractivity contribution is 9.11. The van der Waals surface area contributed by atoms with E-state index in [1.165, 1.54) is 89.2 Å². The minimum absolute atomic E-state index is 0.0783. The van der Waals surface area contributed by atoms with E-state index in [0.717, 1.165) is 6.08 Å². The van der Waals surface area contributed by atoms with E-state index in [4.69, 9.17) is 14.2 Å². The molecule has 0 radical (unpaired) electrons. The molecule has 4 aromatic carbocycles. The lowest BCUT2D eigenvalue weighted by molar-refractivity contribution is -0.148. The van der Waals surface area contributed by atoms with Gasteiger partial charge in [-0.15, -0.1) is 0 Å². The van der Waals surface area contributed by atoms with E-state index in [-0.39, 0.29) is 17.1 Å². The Bertz CT molecular complexity index is 2340. The molecule has 0 aliphatic heterocycles. The molecule has 0 saturated carbocycles. The Labute approximate surface area is 402 Å². The number of esters is 4. The normalized spacial score (nSPS) is 10.9. The molecule has 4 rings (SSSR count). The van der Waals surface area contributed by atoms with Crippen LogP contribution in [0.3, 0.4) is 0 Å². The first-order valence-electron chi connectivity index (χ1n) is 18.3. The Hall–Kier alpha value is -5.04. The van der Waals surface area contributed by atoms with Gasteiger partial charge in [0, 0.05) is 35.4 Å². The predicted octanol–water partition coefficient (Wildman–Crippen LogP) is 12.7. The van der Waals surface area contributed by atoms with Gasteiger partial charge in [0.05, 0.1) is 58.5 Å². The van der Waals surface area contributed by atoms with Crippen LogP contribution in [0, 0.1) is 23.3 Å². The number of methoxy groups -OCH3 is 4. The summed E-state index contributed by atoms with van der Waals surface area (Å²) in [4.78, 5) is 44.1. The molecule has 64 heavy (non-hydrogen) atoms. The average Bonchev–Trinajstić information content (AvgIpc) is 3.25. The van der Waals surface area contributed by atoms with Gasteiger partial charge in [-0.1, -0.05) is 18.2 Å². The maximum atomic E-state index is 13.7. The predicted molar refractivity (Wildman–Crippen MR) is 252 cm³/mol. The van der Waals surface area contributed by atoms with Crippen molar-refractivity contribution in [1.82, 2.24) is 0 Å². The number of carbonyl (C=O) groups excluding carboxylic acids is 4. The van der Waals surface area contributed by atoms with Crippen LogP contribution in [0.4, 0.5) is 17.6 Å². The molecule has 0 spiro atoms. The van der Waals surface area contributed by atoms with Crippen LogP contribution in [0.25, 0.3) is 24.3 Å². The Morgan fingerprint density at radius 1 is 0.578 bits per heavy atom. The molecule has 344 valence electrons. The molecule has 4 aromatic rings. The van der Waals surface area contributed by atoms with Gasteiger partial charge in [0.2, 0.25) is 0 Å². The fourth-order valence-corrected chi connectivity index (χ4v) is 5.61. The Morgan fingerprint density at radius 3 is 1.67 bits per heavy atom. The lowest BCUT2D eigenvalue weighted by atomic mass is 10.1. The van der Waals surface area contributed by atoms with Crippen LogP contribution in [0.1, 0.15) is 49.9 Å². The van der Waals surface area contributed by atoms with Gasteiger partial charge in [0.25, 0.3) is 0 Å². The first kappa shape index (κ1) is 57.0. The minimum atomic E-state index is -0.554. The number of hydrogen-bond acceptors (Lipinski definition) is 10. The van der Waals surface area contributed by atoms with E-state index < -0.39 is 46.9 Å². The second-order valence-corrected chi connectivity index (χ2v) is 16.4. The summed E-state index contributed by atoms with van der Waals surface area (Å²) in [5, 5.41) is 0. The van der Waals surface area contributed by atoms with Crippen molar-refractivity contribution in [3.8, 4) is 11.5 Å². The molecule has 18 heteroatoms. The van der Waals surface area contributed by atoms with Crippen LogP contribution in [0.5, 0.6) is 11.5 Å². The number of ether oxygens (including phenoxy) is 6. The van der Waals surface area contributed by atoms with E-state index >= 15 is 0 Å². The average molecular weight is 1150 g/mol. The number of carbonyl (C=O) groups is 4. The van der Waals surface area contributed by atoms with E-state index in [1.54, 1.807) is 70.2 Å². The third-order valence-corrected chi connectivity index (χ3v) is 9.69. The van der Waals surface area contributed by atoms with E-state index in [1.807, 2.05) is 0 Å². The van der Waals surface area contributed by atoms with E-state index in [9.17, 15) is 36.7 Å². The van der Waals surface area contributed by atoms with Crippen LogP contribution in [-0.2, 0) is 38.1 Å². The van der Waals surface area contributed by atoms with Gasteiger partial charge in [0.1, 0.15) is 28.8 Å². The molecule has 0 aliphatic rings. The maximum Gasteiger partial charge on any atom is 0.331 e. The summed E-state index contributed by atoms with van der Waals surface area (Å²) in [6.45, 7) is 7.39. The molecule has 0 saturated heterocycles. The third-order valence-electron chi connectivity index (χ3n) is 7.21. The number of benzene rings is 4. The first-order valence-corrected chi connectivity index (χ1v) is 21.5. The van der Waals surface area contributed by atoms with Crippen LogP contribution in [0.15, 0.2) is 103 Å². The van der Waals surface area contributed by atoms with Crippen LogP contribution >= 0.6 is 63.7 Å². The summed E-state index contributed by atoms with van der Waals surface area (Å²) in [6, 6.07) is 15.8. The van der Waals surface area contributed by atoms with Crippen molar-refractivity contribution in [2.45, 2.75) is 33.3 Å². The smallest absolute Gasteiger partial charge is 0.331 e. The summed E-state index contributed by atoms with van der Waals surface area (Å²) in [6.07, 6.45) is 10.5. The Balaban J connectivity index is 0.000000427. The second kappa shape index (κ2) is 29.4. The molecular weight excluding hydrogens is 1110 g/mol. The fraction of sp³-hybridized carbons (Fsp3) is 0.217. The number of hydrogen-bond donors (Lipinski definition) is 0. The standard InChI is InChI=1S/C13H14BrFO2.2C11H10BrFO3.C11H10BrFO2/c1-13(2,3)17-12(16)7-5-9-4-6-10(14)11(15)8-9;1-15-9-5-4-8(12)11(13)7(9)3-6-10(14)16-2;1-15-9(14)6-4-7-3-5-8(12)10(13)11(7)16-2;1-2-15-10(14)7-6-8-4-3-5-9(12)11(8)13/h4-8H,1-3H3;2*3-6H,1-2H3;3-7H,2H2,1H3/b7-5+;6-3+;6-4+;7-6+. The van der Waals surface area contributed by atoms with Crippen molar-refractivity contribution >= 4 is 112 Å². The SMILES string of the molecule is CC(C)(C)OC(=O)/C=C/c1ccc(Br)c(F)c1.CCOC(=O)/C=C/c1cccc(Br)c1F.COC(=O)/C=C/c1c(OC)ccc(Br)c1F.COC(=O)/C=C/c1ccc(Br)c(F)c1OC. The largest absolute Gasteiger partial charge is 0.496 e. The van der Waals surface area contributed by atoms with Gasteiger partial charge in [0.15, 0.2) is 11.6 Å². The fourth-order valence-electron chi connectivity index (χ4n) is 4.33. The van der Waals surface area contributed by atoms with Crippen molar-refractivity contribution < 1.29 is 65.2 Å². The molecule has 0 aliphatic carbocycles. The van der Waals surface area contributed by atoms with Gasteiger partial charge in [-0.2, -0.15) is 0 Å². The van der Waals surface area contributed by atoms with Gasteiger partial charge in [-0.25, -0.2) is 36.7 Å². The van der Waals surface area contributed by atoms with Crippen molar-refractivity contribution in [3.05, 3.63) is 148 Å². The molecule has 0 unspecified atom stereocenters. The highest BCUT2D eigenvalue weighted by Gasteiger charge is 2.14. The van der Waals surface area contributed by atoms with E-state index in [2.05, 4.69) is 77.9 Å². The lowest BCUT2D eigenvalue weighted by Gasteiger charge is -2.17. The summed E-state index contributed by atoms with van der Waals surface area (Å²) >= 11 is 12.2. The highest BCUT2D eigenvalue weighted by Crippen LogP contribution is 2.30. The molecule has 0 fully saturated rings. The molecule has 0 aromatic heterocycles. The molecule has 0 heterocycles. The quantitative estimate of drug-likeness (QED) is 0.0621. The monoisotopic (exact) mass is 1150 g/mol. The van der Waals surface area contributed by atoms with Crippen LogP contribution < -0.4 is 9.47 Å². The number of rotatable bonds is 11. The van der Waals surface area contributed by atoms with Crippen molar-refractivity contribution in [1.29, 1.82) is 0 Å². The lowest BCUT2D eigenvalue weighted by Crippen LogP contribution is -2.22. The first-order chi connectivity index (χ1) is 30.1. The second-order valence-electron chi connectivity index (χ2n) is 12.9. The van der Waals surface area contributed by atoms with Crippen molar-refractivity contribution in [2.75, 3.05) is 35.0 Å². The third kappa shape index (κ3) is 21.1. The molecule has 0 amide bonds. The zero-order valence-electron chi connectivity index (χ0n) is 35.7. The minimum Gasteiger partial charge on any atom is -0.496 e. The summed E-state index contributed by atoms with van der Waals surface area (Å²) in [5.41, 5.74) is 1.09. The van der Waals surface area contributed by atoms with Crippen LogP contribution in [0.2, 0.25) is 0 Å². The summed E-state index contributed by atoms with van der Waals surface area (Å²) in [5.74, 6) is -3.30. The van der Waals surface area contributed by atoms with Gasteiger partial charge < -0.3 is 28.4 Å². The van der Waals surface area contributed by atoms with E-state index in [0.29, 0.717) is 46.9 Å². The zero-order valence-corrected chi connectivity index (χ0v) is 42.0. The highest BCUT2D eigenvalue weighted by atomic mass is 79.9. The molecule has 0 atom stereocenters. The maximum absolute atomic E-state index is 13.7. The van der Waals surface area contributed by atoms with Crippen molar-refractivity contribution in [3.63, 3.8) is 0 Å².